The molecule has 2 aromatic carbocycles. The highest BCUT2D eigenvalue weighted by Gasteiger charge is 2.64. The van der Waals surface area contributed by atoms with E-state index in [4.69, 9.17) is 27.9 Å². The molecule has 0 N–H and O–H groups in total. The van der Waals surface area contributed by atoms with Crippen LogP contribution < -0.4 is 15.5 Å². The quantitative estimate of drug-likeness (QED) is 0.599. The number of carbonyl (C=O) groups is 1. The number of hydrogen-bond acceptors (Lipinski definition) is 4. The molecule has 4 nitrogen and oxygen atoms in total. The van der Waals surface area contributed by atoms with Crippen LogP contribution in [0.2, 0.25) is 10.0 Å². The molecule has 24 heavy (non-hydrogen) atoms. The number of carbonyl (C=O) groups excluding carboxylic acids is 1. The van der Waals surface area contributed by atoms with Gasteiger partial charge in [0.05, 0.1) is 20.8 Å². The minimum absolute atomic E-state index is 0.00349. The smallest absolute Gasteiger partial charge is 0.423 e. The fraction of sp³-hybridized carbons (Fsp3) is 0.133. The lowest BCUT2D eigenvalue weighted by Gasteiger charge is -2.23. The fourth-order valence-electron chi connectivity index (χ4n) is 2.08. The van der Waals surface area contributed by atoms with Gasteiger partial charge in [-0.15, -0.1) is 0 Å². The molecule has 0 spiro atoms. The summed E-state index contributed by atoms with van der Waals surface area (Å²) in [6.45, 7) is 0. The maximum atomic E-state index is 13.6. The van der Waals surface area contributed by atoms with E-state index in [2.05, 4.69) is 9.98 Å². The first kappa shape index (κ1) is 16.7. The van der Waals surface area contributed by atoms with Gasteiger partial charge in [-0.3, -0.25) is 0 Å². The van der Waals surface area contributed by atoms with E-state index in [9.17, 15) is 18.0 Å². The second kappa shape index (κ2) is 5.75. The predicted molar refractivity (Wildman–Crippen MR) is 79.6 cm³/mol. The molecule has 0 saturated heterocycles. The van der Waals surface area contributed by atoms with Crippen molar-refractivity contribution in [1.29, 1.82) is 0 Å². The third-order valence-corrected chi connectivity index (χ3v) is 3.94. The third kappa shape index (κ3) is 2.74. The number of ether oxygens (including phenoxy) is 1. The monoisotopic (exact) mass is 374 g/mol. The molecule has 0 aliphatic carbocycles. The summed E-state index contributed by atoms with van der Waals surface area (Å²) in [4.78, 5) is 19.1. The van der Waals surface area contributed by atoms with Crippen molar-refractivity contribution in [2.24, 2.45) is 9.98 Å². The molecule has 0 aromatic heterocycles. The minimum Gasteiger partial charge on any atom is -0.423 e. The number of para-hydroxylation sites is 1. The lowest BCUT2D eigenvalue weighted by Crippen LogP contribution is -2.50. The fourth-order valence-corrected chi connectivity index (χ4v) is 2.39. The number of hydrogen-bond donors (Lipinski definition) is 0. The maximum absolute atomic E-state index is 13.6. The van der Waals surface area contributed by atoms with E-state index in [1.54, 1.807) is 6.07 Å². The first-order chi connectivity index (χ1) is 11.2. The Morgan fingerprint density at radius 3 is 1.96 bits per heavy atom. The molecule has 0 fully saturated rings. The van der Waals surface area contributed by atoms with Gasteiger partial charge in [0, 0.05) is 0 Å². The van der Waals surface area contributed by atoms with Gasteiger partial charge in [-0.2, -0.15) is 13.2 Å². The zero-order valence-electron chi connectivity index (χ0n) is 11.6. The van der Waals surface area contributed by atoms with E-state index in [1.165, 1.54) is 24.3 Å². The van der Waals surface area contributed by atoms with Gasteiger partial charge < -0.3 is 4.74 Å². The van der Waals surface area contributed by atoms with E-state index < -0.39 is 17.8 Å². The Morgan fingerprint density at radius 1 is 1.00 bits per heavy atom. The van der Waals surface area contributed by atoms with Crippen LogP contribution in [0, 0.1) is 0 Å². The van der Waals surface area contributed by atoms with Crippen molar-refractivity contribution in [1.82, 2.24) is 0 Å². The van der Waals surface area contributed by atoms with Crippen molar-refractivity contribution in [2.45, 2.75) is 11.8 Å². The Kier molecular flexibility index (Phi) is 4.01. The van der Waals surface area contributed by atoms with Crippen molar-refractivity contribution < 1.29 is 22.7 Å². The van der Waals surface area contributed by atoms with Gasteiger partial charge in [0.1, 0.15) is 5.75 Å². The number of fused-ring (bicyclic) bond motifs is 1. The number of nitrogens with zero attached hydrogens (tertiary/aromatic N) is 2. The Bertz CT molecular complexity index is 889. The summed E-state index contributed by atoms with van der Waals surface area (Å²) < 4.78 is 45.5. The molecular weight excluding hydrogens is 368 g/mol. The number of esters is 1. The summed E-state index contributed by atoms with van der Waals surface area (Å²) >= 11 is 11.6. The van der Waals surface area contributed by atoms with E-state index >= 15 is 0 Å². The second-order valence-corrected chi connectivity index (χ2v) is 5.67. The zero-order valence-corrected chi connectivity index (χ0v) is 13.2. The first-order valence-corrected chi connectivity index (χ1v) is 7.27. The molecular formula is C15H7Cl2F3N2O2. The average molecular weight is 375 g/mol. The van der Waals surface area contributed by atoms with Crippen LogP contribution >= 0.6 is 23.2 Å². The molecule has 1 heterocycles. The van der Waals surface area contributed by atoms with Crippen LogP contribution in [-0.4, -0.2) is 17.8 Å². The lowest BCUT2D eigenvalue weighted by molar-refractivity contribution is -0.197. The van der Waals surface area contributed by atoms with E-state index in [1.807, 2.05) is 0 Å². The Balaban J connectivity index is 2.11. The SMILES string of the molecule is O=C(Oc1ccccc1)C1(C(F)(F)F)N=c2cc(Cl)c(Cl)cc2=N1. The van der Waals surface area contributed by atoms with Crippen LogP contribution in [0.3, 0.4) is 0 Å². The van der Waals surface area contributed by atoms with Gasteiger partial charge >= 0.3 is 17.8 Å². The van der Waals surface area contributed by atoms with Gasteiger partial charge in [-0.1, -0.05) is 41.4 Å². The maximum Gasteiger partial charge on any atom is 0.445 e. The van der Waals surface area contributed by atoms with Crippen molar-refractivity contribution in [2.75, 3.05) is 0 Å². The van der Waals surface area contributed by atoms with Crippen molar-refractivity contribution in [3.8, 4) is 5.75 Å². The van der Waals surface area contributed by atoms with Crippen molar-refractivity contribution in [3.63, 3.8) is 0 Å². The zero-order chi connectivity index (χ0) is 17.5. The topological polar surface area (TPSA) is 51.0 Å². The minimum atomic E-state index is -5.10. The molecule has 124 valence electrons. The van der Waals surface area contributed by atoms with E-state index in [-0.39, 0.29) is 26.5 Å². The molecule has 2 aromatic rings. The van der Waals surface area contributed by atoms with Gasteiger partial charge in [0.25, 0.3) is 0 Å². The highest BCUT2D eigenvalue weighted by Crippen LogP contribution is 2.37. The Labute approximate surface area is 143 Å². The van der Waals surface area contributed by atoms with Crippen molar-refractivity contribution >= 4 is 29.2 Å². The molecule has 0 saturated carbocycles. The highest BCUT2D eigenvalue weighted by atomic mass is 35.5. The number of halogens is 5. The van der Waals surface area contributed by atoms with E-state index in [0.29, 0.717) is 0 Å². The molecule has 0 unspecified atom stereocenters. The molecule has 3 rings (SSSR count). The summed E-state index contributed by atoms with van der Waals surface area (Å²) in [5, 5.41) is -0.369. The largest absolute Gasteiger partial charge is 0.445 e. The van der Waals surface area contributed by atoms with Crippen molar-refractivity contribution in [3.05, 3.63) is 63.2 Å². The summed E-state index contributed by atoms with van der Waals surface area (Å²) in [5.41, 5.74) is -3.39. The molecule has 0 atom stereocenters. The number of benzene rings is 2. The standard InChI is InChI=1S/C15H7Cl2F3N2O2/c16-9-6-11-12(7-10(9)17)22-14(21-11,15(18,19)20)13(23)24-8-4-2-1-3-5-8/h1-7H. The normalized spacial score (nSPS) is 15.2. The lowest BCUT2D eigenvalue weighted by atomic mass is 10.2. The highest BCUT2D eigenvalue weighted by molar-refractivity contribution is 6.41. The Hall–Kier alpha value is -2.12. The van der Waals surface area contributed by atoms with Crippen LogP contribution in [0.25, 0.3) is 0 Å². The Morgan fingerprint density at radius 2 is 1.50 bits per heavy atom. The van der Waals surface area contributed by atoms with Gasteiger partial charge in [-0.05, 0) is 24.3 Å². The molecule has 1 aliphatic rings. The summed E-state index contributed by atoms with van der Waals surface area (Å²) in [5.74, 6) is -1.71. The van der Waals surface area contributed by atoms with Gasteiger partial charge in [0.2, 0.25) is 0 Å². The summed E-state index contributed by atoms with van der Waals surface area (Å²) in [6, 6.07) is 9.58. The molecule has 0 bridgehead atoms. The third-order valence-electron chi connectivity index (χ3n) is 3.22. The first-order valence-electron chi connectivity index (χ1n) is 6.52. The second-order valence-electron chi connectivity index (χ2n) is 4.85. The van der Waals surface area contributed by atoms with E-state index in [0.717, 1.165) is 12.1 Å². The van der Waals surface area contributed by atoms with Crippen LogP contribution in [0.5, 0.6) is 5.75 Å². The van der Waals surface area contributed by atoms with Crippen LogP contribution in [0.1, 0.15) is 0 Å². The van der Waals surface area contributed by atoms with Crippen LogP contribution in [0.4, 0.5) is 13.2 Å². The molecule has 0 amide bonds. The molecule has 9 heteroatoms. The van der Waals surface area contributed by atoms with Crippen LogP contribution in [-0.2, 0) is 4.79 Å². The predicted octanol–water partition coefficient (Wildman–Crippen LogP) is 3.11. The average Bonchev–Trinajstić information content (AvgIpc) is 2.88. The number of rotatable bonds is 2. The summed E-state index contributed by atoms with van der Waals surface area (Å²) in [6.07, 6.45) is -5.10. The summed E-state index contributed by atoms with van der Waals surface area (Å²) in [7, 11) is 0. The van der Waals surface area contributed by atoms with Gasteiger partial charge in [0.15, 0.2) is 0 Å². The number of alkyl halides is 3. The molecule has 1 aliphatic heterocycles. The van der Waals surface area contributed by atoms with Gasteiger partial charge in [-0.25, -0.2) is 14.8 Å². The molecule has 0 radical (unpaired) electrons. The van der Waals surface area contributed by atoms with Crippen LogP contribution in [0.15, 0.2) is 52.4 Å².